The van der Waals surface area contributed by atoms with Crippen LogP contribution in [0, 0.1) is 11.4 Å². The SMILES string of the molecule is CN=CCC(C)C(=O)N=N. The normalized spacial score (nSPS) is 13.4. The fraction of sp³-hybridized carbons (Fsp3) is 0.667. The molecule has 0 aromatic heterocycles. The first-order valence-corrected chi connectivity index (χ1v) is 3.04. The van der Waals surface area contributed by atoms with Crippen LogP contribution in [0.5, 0.6) is 0 Å². The summed E-state index contributed by atoms with van der Waals surface area (Å²) in [6.45, 7) is 1.72. The Labute approximate surface area is 59.9 Å². The van der Waals surface area contributed by atoms with Gasteiger partial charge in [-0.1, -0.05) is 6.92 Å². The van der Waals surface area contributed by atoms with Crippen LogP contribution in [-0.4, -0.2) is 19.2 Å². The van der Waals surface area contributed by atoms with E-state index in [4.69, 9.17) is 5.53 Å². The highest BCUT2D eigenvalue weighted by Gasteiger charge is 2.08. The van der Waals surface area contributed by atoms with E-state index < -0.39 is 0 Å². The molecule has 0 saturated heterocycles. The third-order valence-electron chi connectivity index (χ3n) is 1.17. The number of rotatable bonds is 3. The van der Waals surface area contributed by atoms with Crippen LogP contribution in [0.3, 0.4) is 0 Å². The van der Waals surface area contributed by atoms with Crippen LogP contribution < -0.4 is 0 Å². The van der Waals surface area contributed by atoms with Crippen LogP contribution in [0.2, 0.25) is 0 Å². The van der Waals surface area contributed by atoms with Gasteiger partial charge in [0.05, 0.1) is 0 Å². The molecule has 4 heteroatoms. The van der Waals surface area contributed by atoms with E-state index in [0.717, 1.165) is 0 Å². The van der Waals surface area contributed by atoms with Crippen molar-refractivity contribution in [3.8, 4) is 0 Å². The third kappa shape index (κ3) is 3.06. The van der Waals surface area contributed by atoms with Gasteiger partial charge in [0.25, 0.3) is 5.91 Å². The summed E-state index contributed by atoms with van der Waals surface area (Å²) >= 11 is 0. The second kappa shape index (κ2) is 4.78. The van der Waals surface area contributed by atoms with Gasteiger partial charge in [-0.25, -0.2) is 5.53 Å². The highest BCUT2D eigenvalue weighted by atomic mass is 16.1. The van der Waals surface area contributed by atoms with Gasteiger partial charge in [0.15, 0.2) is 0 Å². The van der Waals surface area contributed by atoms with Crippen LogP contribution >= 0.6 is 0 Å². The maximum absolute atomic E-state index is 10.6. The molecule has 0 rings (SSSR count). The molecule has 1 unspecified atom stereocenters. The van der Waals surface area contributed by atoms with Gasteiger partial charge >= 0.3 is 0 Å². The van der Waals surface area contributed by atoms with Gasteiger partial charge in [-0.15, -0.1) is 5.11 Å². The summed E-state index contributed by atoms with van der Waals surface area (Å²) in [5.41, 5.74) is 6.41. The Morgan fingerprint density at radius 2 is 2.40 bits per heavy atom. The summed E-state index contributed by atoms with van der Waals surface area (Å²) in [6.07, 6.45) is 2.21. The Hall–Kier alpha value is -1.06. The molecule has 0 spiro atoms. The summed E-state index contributed by atoms with van der Waals surface area (Å²) in [6, 6.07) is 0. The second-order valence-electron chi connectivity index (χ2n) is 2.03. The quantitative estimate of drug-likeness (QED) is 0.466. The van der Waals surface area contributed by atoms with Crippen LogP contribution in [-0.2, 0) is 4.79 Å². The molecule has 0 fully saturated rings. The van der Waals surface area contributed by atoms with E-state index in [-0.39, 0.29) is 11.8 Å². The molecule has 0 aliphatic rings. The maximum Gasteiger partial charge on any atom is 0.267 e. The predicted molar refractivity (Wildman–Crippen MR) is 38.4 cm³/mol. The predicted octanol–water partition coefficient (Wildman–Crippen LogP) is 1.27. The van der Waals surface area contributed by atoms with E-state index in [1.807, 2.05) is 0 Å². The van der Waals surface area contributed by atoms with Crippen molar-refractivity contribution in [1.29, 1.82) is 5.53 Å². The number of nitrogens with zero attached hydrogens (tertiary/aromatic N) is 2. The van der Waals surface area contributed by atoms with Crippen LogP contribution in [0.15, 0.2) is 10.1 Å². The average molecular weight is 141 g/mol. The standard InChI is InChI=1S/C6H11N3O/c1-5(3-4-8-2)6(10)9-7/h4-5,7H,3H2,1-2H3. The molecular weight excluding hydrogens is 130 g/mol. The minimum atomic E-state index is -0.389. The summed E-state index contributed by atoms with van der Waals surface area (Å²) < 4.78 is 0. The molecule has 0 aliphatic carbocycles. The van der Waals surface area contributed by atoms with Crippen molar-refractivity contribution >= 4 is 12.1 Å². The lowest BCUT2D eigenvalue weighted by molar-refractivity contribution is -0.121. The van der Waals surface area contributed by atoms with Crippen molar-refractivity contribution in [2.45, 2.75) is 13.3 Å². The van der Waals surface area contributed by atoms with Gasteiger partial charge in [-0.2, -0.15) is 0 Å². The Balaban J connectivity index is 3.72. The lowest BCUT2D eigenvalue weighted by Gasteiger charge is -1.98. The zero-order valence-electron chi connectivity index (χ0n) is 6.16. The van der Waals surface area contributed by atoms with Crippen molar-refractivity contribution in [2.75, 3.05) is 7.05 Å². The van der Waals surface area contributed by atoms with Gasteiger partial charge in [0.1, 0.15) is 0 Å². The van der Waals surface area contributed by atoms with Gasteiger partial charge in [0.2, 0.25) is 0 Å². The van der Waals surface area contributed by atoms with Gasteiger partial charge in [-0.05, 0) is 12.6 Å². The number of carbonyl (C=O) groups excluding carboxylic acids is 1. The lowest BCUT2D eigenvalue weighted by Crippen LogP contribution is -2.07. The minimum absolute atomic E-state index is 0.207. The number of amides is 1. The molecule has 0 saturated carbocycles. The monoisotopic (exact) mass is 141 g/mol. The Morgan fingerprint density at radius 3 is 2.80 bits per heavy atom. The van der Waals surface area contributed by atoms with Crippen molar-refractivity contribution in [3.05, 3.63) is 0 Å². The molecule has 1 N–H and O–H groups in total. The molecule has 10 heavy (non-hydrogen) atoms. The molecule has 56 valence electrons. The number of nitrogens with one attached hydrogen (secondary N) is 1. The third-order valence-corrected chi connectivity index (χ3v) is 1.17. The molecule has 1 atom stereocenters. The molecule has 0 bridgehead atoms. The van der Waals surface area contributed by atoms with E-state index in [2.05, 4.69) is 10.1 Å². The van der Waals surface area contributed by atoms with Crippen molar-refractivity contribution < 1.29 is 4.79 Å². The zero-order valence-corrected chi connectivity index (χ0v) is 6.16. The number of hydrogen-bond donors (Lipinski definition) is 1. The van der Waals surface area contributed by atoms with E-state index in [1.165, 1.54) is 0 Å². The maximum atomic E-state index is 10.6. The van der Waals surface area contributed by atoms with Gasteiger partial charge < -0.3 is 4.99 Å². The summed E-state index contributed by atoms with van der Waals surface area (Å²) in [7, 11) is 1.65. The molecule has 1 amide bonds. The number of carbonyl (C=O) groups is 1. The van der Waals surface area contributed by atoms with Crippen LogP contribution in [0.4, 0.5) is 0 Å². The van der Waals surface area contributed by atoms with Gasteiger partial charge in [-0.3, -0.25) is 4.79 Å². The Morgan fingerprint density at radius 1 is 1.80 bits per heavy atom. The molecule has 0 aromatic rings. The van der Waals surface area contributed by atoms with Crippen molar-refractivity contribution in [3.63, 3.8) is 0 Å². The molecule has 0 aliphatic heterocycles. The highest BCUT2D eigenvalue weighted by molar-refractivity contribution is 5.81. The van der Waals surface area contributed by atoms with Crippen LogP contribution in [0.1, 0.15) is 13.3 Å². The fourth-order valence-electron chi connectivity index (χ4n) is 0.475. The smallest absolute Gasteiger partial charge is 0.267 e. The molecule has 0 radical (unpaired) electrons. The average Bonchev–Trinajstić information content (AvgIpc) is 1.98. The first-order chi connectivity index (χ1) is 4.72. The highest BCUT2D eigenvalue weighted by Crippen LogP contribution is 2.00. The van der Waals surface area contributed by atoms with E-state index in [1.54, 1.807) is 20.2 Å². The van der Waals surface area contributed by atoms with E-state index in [9.17, 15) is 4.79 Å². The Kier molecular flexibility index (Phi) is 4.28. The molecule has 4 nitrogen and oxygen atoms in total. The number of hydrogen-bond acceptors (Lipinski definition) is 3. The first kappa shape index (κ1) is 8.94. The van der Waals surface area contributed by atoms with Crippen molar-refractivity contribution in [2.24, 2.45) is 16.0 Å². The van der Waals surface area contributed by atoms with E-state index >= 15 is 0 Å². The Bertz CT molecular complexity index is 153. The number of aliphatic imine (C=N–C) groups is 1. The molecule has 0 heterocycles. The van der Waals surface area contributed by atoms with Gasteiger partial charge in [0, 0.05) is 13.0 Å². The topological polar surface area (TPSA) is 65.6 Å². The first-order valence-electron chi connectivity index (χ1n) is 3.04. The fourth-order valence-corrected chi connectivity index (χ4v) is 0.475. The zero-order chi connectivity index (χ0) is 7.98. The minimum Gasteiger partial charge on any atom is -0.301 e. The molecule has 0 aromatic carbocycles. The summed E-state index contributed by atoms with van der Waals surface area (Å²) in [5, 5.41) is 2.79. The second-order valence-corrected chi connectivity index (χ2v) is 2.03. The summed E-state index contributed by atoms with van der Waals surface area (Å²) in [4.78, 5) is 14.3. The van der Waals surface area contributed by atoms with Crippen molar-refractivity contribution in [1.82, 2.24) is 0 Å². The molecular formula is C6H11N3O. The summed E-state index contributed by atoms with van der Waals surface area (Å²) in [5.74, 6) is -0.596. The largest absolute Gasteiger partial charge is 0.301 e. The van der Waals surface area contributed by atoms with E-state index in [0.29, 0.717) is 6.42 Å². The lowest BCUT2D eigenvalue weighted by atomic mass is 10.1. The van der Waals surface area contributed by atoms with Crippen LogP contribution in [0.25, 0.3) is 0 Å².